The van der Waals surface area contributed by atoms with Crippen molar-refractivity contribution in [2.45, 2.75) is 31.7 Å². The number of aromatic nitrogens is 3. The van der Waals surface area contributed by atoms with Gasteiger partial charge in [-0.05, 0) is 44.2 Å². The number of carbonyl (C=O) groups excluding carboxylic acids is 1. The first-order valence-electron chi connectivity index (χ1n) is 9.21. The zero-order valence-electron chi connectivity index (χ0n) is 16.5. The maximum atomic E-state index is 13.9. The second kappa shape index (κ2) is 10.3. The number of ether oxygens (including phenoxy) is 1. The highest BCUT2D eigenvalue weighted by Gasteiger charge is 2.21. The third-order valence-corrected chi connectivity index (χ3v) is 5.69. The van der Waals surface area contributed by atoms with Gasteiger partial charge in [-0.15, -0.1) is 10.2 Å². The van der Waals surface area contributed by atoms with Gasteiger partial charge in [0.2, 0.25) is 5.91 Å². The molecule has 6 nitrogen and oxygen atoms in total. The molecule has 1 atom stereocenters. The molecule has 0 aliphatic heterocycles. The number of nitrogens with one attached hydrogen (secondary N) is 1. The third-order valence-electron chi connectivity index (χ3n) is 4.16. The molecular formula is C20H18Cl2F2N4O2S. The van der Waals surface area contributed by atoms with Gasteiger partial charge in [0.15, 0.2) is 28.7 Å². The average Bonchev–Trinajstić information content (AvgIpc) is 3.14. The monoisotopic (exact) mass is 486 g/mol. The molecule has 164 valence electrons. The van der Waals surface area contributed by atoms with Gasteiger partial charge < -0.3 is 14.6 Å². The highest BCUT2D eigenvalue weighted by molar-refractivity contribution is 7.99. The number of hydrogen-bond donors (Lipinski definition) is 1. The van der Waals surface area contributed by atoms with Crippen LogP contribution in [0.4, 0.5) is 14.5 Å². The van der Waals surface area contributed by atoms with E-state index in [4.69, 9.17) is 27.9 Å². The molecule has 0 fully saturated rings. The van der Waals surface area contributed by atoms with E-state index in [0.29, 0.717) is 33.3 Å². The summed E-state index contributed by atoms with van der Waals surface area (Å²) in [7, 11) is 0. The minimum absolute atomic E-state index is 0.0583. The van der Waals surface area contributed by atoms with Crippen LogP contribution < -0.4 is 10.1 Å². The summed E-state index contributed by atoms with van der Waals surface area (Å²) >= 11 is 13.2. The first-order valence-corrected chi connectivity index (χ1v) is 10.9. The summed E-state index contributed by atoms with van der Waals surface area (Å²) in [6.07, 6.45) is -0.652. The summed E-state index contributed by atoms with van der Waals surface area (Å²) in [4.78, 5) is 12.3. The fourth-order valence-electron chi connectivity index (χ4n) is 2.73. The standard InChI is InChI=1S/C20H18Cl2F2N4O2S/c1-3-28-19(11(2)30-17-7-5-13(23)9-15(17)24)26-27-20(28)31-10-18(29)25-16-8-12(21)4-6-14(16)22/h4-9,11H,3,10H2,1-2H3,(H,25,29). The molecule has 1 amide bonds. The molecule has 3 aromatic rings. The van der Waals surface area contributed by atoms with Gasteiger partial charge in [0.25, 0.3) is 0 Å². The summed E-state index contributed by atoms with van der Waals surface area (Å²) in [5.41, 5.74) is 0.417. The molecule has 0 bridgehead atoms. The van der Waals surface area contributed by atoms with Crippen LogP contribution in [0.2, 0.25) is 10.0 Å². The van der Waals surface area contributed by atoms with Crippen LogP contribution in [0, 0.1) is 11.6 Å². The Kier molecular flexibility index (Phi) is 7.74. The van der Waals surface area contributed by atoms with Crippen molar-refractivity contribution in [3.63, 3.8) is 0 Å². The number of benzene rings is 2. The van der Waals surface area contributed by atoms with Crippen LogP contribution in [0.1, 0.15) is 25.8 Å². The van der Waals surface area contributed by atoms with E-state index in [0.717, 1.165) is 12.1 Å². The van der Waals surface area contributed by atoms with E-state index in [9.17, 15) is 13.6 Å². The minimum atomic E-state index is -0.805. The van der Waals surface area contributed by atoms with Crippen LogP contribution in [0.25, 0.3) is 0 Å². The molecule has 2 aromatic carbocycles. The topological polar surface area (TPSA) is 69.0 Å². The van der Waals surface area contributed by atoms with Crippen LogP contribution in [0.3, 0.4) is 0 Å². The first kappa shape index (κ1) is 23.3. The lowest BCUT2D eigenvalue weighted by Gasteiger charge is -2.16. The maximum absolute atomic E-state index is 13.9. The SMILES string of the molecule is CCn1c(SCC(=O)Nc2cc(Cl)ccc2Cl)nnc1C(C)Oc1ccc(F)cc1F. The van der Waals surface area contributed by atoms with Gasteiger partial charge in [-0.1, -0.05) is 35.0 Å². The molecule has 0 saturated heterocycles. The molecule has 1 N–H and O–H groups in total. The summed E-state index contributed by atoms with van der Waals surface area (Å²) in [5, 5.41) is 12.3. The van der Waals surface area contributed by atoms with Crippen molar-refractivity contribution in [1.82, 2.24) is 14.8 Å². The van der Waals surface area contributed by atoms with E-state index in [1.807, 2.05) is 6.92 Å². The van der Waals surface area contributed by atoms with Crippen molar-refractivity contribution >= 4 is 46.6 Å². The van der Waals surface area contributed by atoms with Gasteiger partial charge in [0.1, 0.15) is 5.82 Å². The molecule has 1 heterocycles. The molecule has 1 unspecified atom stereocenters. The Morgan fingerprint density at radius 2 is 2.00 bits per heavy atom. The Balaban J connectivity index is 1.66. The third kappa shape index (κ3) is 5.87. The summed E-state index contributed by atoms with van der Waals surface area (Å²) < 4.78 is 34.3. The van der Waals surface area contributed by atoms with Crippen molar-refractivity contribution < 1.29 is 18.3 Å². The van der Waals surface area contributed by atoms with Crippen molar-refractivity contribution in [1.29, 1.82) is 0 Å². The number of halogens is 4. The number of nitrogens with zero attached hydrogens (tertiary/aromatic N) is 3. The van der Waals surface area contributed by atoms with Crippen LogP contribution in [0.15, 0.2) is 41.6 Å². The highest BCUT2D eigenvalue weighted by atomic mass is 35.5. The molecule has 1 aromatic heterocycles. The van der Waals surface area contributed by atoms with E-state index >= 15 is 0 Å². The average molecular weight is 487 g/mol. The largest absolute Gasteiger partial charge is 0.480 e. The Morgan fingerprint density at radius 1 is 1.23 bits per heavy atom. The quantitative estimate of drug-likeness (QED) is 0.410. The fourth-order valence-corrected chi connectivity index (χ4v) is 3.87. The van der Waals surface area contributed by atoms with Gasteiger partial charge in [0.05, 0.1) is 16.5 Å². The summed E-state index contributed by atoms with van der Waals surface area (Å²) in [5.74, 6) is -1.37. The Bertz CT molecular complexity index is 1100. The Hall–Kier alpha value is -2.36. The summed E-state index contributed by atoms with van der Waals surface area (Å²) in [6, 6.07) is 7.86. The van der Waals surface area contributed by atoms with E-state index in [-0.39, 0.29) is 17.4 Å². The number of rotatable bonds is 8. The van der Waals surface area contributed by atoms with Gasteiger partial charge in [-0.3, -0.25) is 4.79 Å². The normalized spacial score (nSPS) is 11.9. The molecule has 0 spiro atoms. The molecule has 11 heteroatoms. The number of anilines is 1. The van der Waals surface area contributed by atoms with E-state index < -0.39 is 17.7 Å². The minimum Gasteiger partial charge on any atom is -0.480 e. The lowest BCUT2D eigenvalue weighted by Crippen LogP contribution is -2.16. The fraction of sp³-hybridized carbons (Fsp3) is 0.250. The van der Waals surface area contributed by atoms with Gasteiger partial charge in [-0.25, -0.2) is 8.78 Å². The van der Waals surface area contributed by atoms with Crippen LogP contribution >= 0.6 is 35.0 Å². The van der Waals surface area contributed by atoms with Crippen molar-refractivity contribution in [3.05, 3.63) is 63.9 Å². The van der Waals surface area contributed by atoms with Crippen LogP contribution in [-0.2, 0) is 11.3 Å². The van der Waals surface area contributed by atoms with Crippen LogP contribution in [-0.4, -0.2) is 26.4 Å². The first-order chi connectivity index (χ1) is 14.8. The van der Waals surface area contributed by atoms with Crippen molar-refractivity contribution in [2.24, 2.45) is 0 Å². The molecular weight excluding hydrogens is 469 g/mol. The lowest BCUT2D eigenvalue weighted by molar-refractivity contribution is -0.113. The van der Waals surface area contributed by atoms with Crippen molar-refractivity contribution in [3.8, 4) is 5.75 Å². The predicted octanol–water partition coefficient (Wildman–Crippen LogP) is 5.75. The van der Waals surface area contributed by atoms with Gasteiger partial charge in [-0.2, -0.15) is 0 Å². The number of carbonyl (C=O) groups is 1. The molecule has 0 radical (unpaired) electrons. The number of thioether (sulfide) groups is 1. The zero-order valence-corrected chi connectivity index (χ0v) is 18.9. The number of hydrogen-bond acceptors (Lipinski definition) is 5. The molecule has 0 saturated carbocycles. The van der Waals surface area contributed by atoms with Gasteiger partial charge >= 0.3 is 0 Å². The summed E-state index contributed by atoms with van der Waals surface area (Å²) in [6.45, 7) is 4.07. The highest BCUT2D eigenvalue weighted by Crippen LogP contribution is 2.28. The second-order valence-corrected chi connectivity index (χ2v) is 8.17. The van der Waals surface area contributed by atoms with Crippen molar-refractivity contribution in [2.75, 3.05) is 11.1 Å². The second-order valence-electron chi connectivity index (χ2n) is 6.38. The Labute approximate surface area is 191 Å². The molecule has 0 aliphatic carbocycles. The zero-order chi connectivity index (χ0) is 22.5. The Morgan fingerprint density at radius 3 is 2.71 bits per heavy atom. The molecule has 31 heavy (non-hydrogen) atoms. The molecule has 0 aliphatic rings. The lowest BCUT2D eigenvalue weighted by atomic mass is 10.3. The van der Waals surface area contributed by atoms with E-state index in [2.05, 4.69) is 15.5 Å². The maximum Gasteiger partial charge on any atom is 0.234 e. The van der Waals surface area contributed by atoms with E-state index in [1.165, 1.54) is 17.8 Å². The predicted molar refractivity (Wildman–Crippen MR) is 117 cm³/mol. The smallest absolute Gasteiger partial charge is 0.234 e. The number of amides is 1. The van der Waals surface area contributed by atoms with Crippen LogP contribution in [0.5, 0.6) is 5.75 Å². The molecule has 3 rings (SSSR count). The van der Waals surface area contributed by atoms with Gasteiger partial charge in [0, 0.05) is 17.6 Å². The van der Waals surface area contributed by atoms with E-state index in [1.54, 1.807) is 29.7 Å².